The second-order valence-corrected chi connectivity index (χ2v) is 4.78. The summed E-state index contributed by atoms with van der Waals surface area (Å²) < 4.78 is 0. The van der Waals surface area contributed by atoms with Crippen molar-refractivity contribution >= 4 is 0 Å². The van der Waals surface area contributed by atoms with Gasteiger partial charge in [-0.3, -0.25) is 4.98 Å². The van der Waals surface area contributed by atoms with Gasteiger partial charge in [0.25, 0.3) is 0 Å². The highest BCUT2D eigenvalue weighted by atomic mass is 14.8. The molecule has 18 heavy (non-hydrogen) atoms. The molecule has 2 heteroatoms. The van der Waals surface area contributed by atoms with Crippen LogP contribution in [-0.2, 0) is 6.42 Å². The van der Waals surface area contributed by atoms with Gasteiger partial charge in [-0.05, 0) is 50.1 Å². The second kappa shape index (κ2) is 5.78. The zero-order chi connectivity index (χ0) is 13.0. The molecule has 2 nitrogen and oxygen atoms in total. The highest BCUT2D eigenvalue weighted by molar-refractivity contribution is 5.66. The Labute approximate surface area is 109 Å². The maximum Gasteiger partial charge on any atom is 0.0349 e. The van der Waals surface area contributed by atoms with Gasteiger partial charge < -0.3 is 5.32 Å². The minimum Gasteiger partial charge on any atom is -0.317 e. The highest BCUT2D eigenvalue weighted by Crippen LogP contribution is 2.22. The number of rotatable bonds is 4. The van der Waals surface area contributed by atoms with E-state index in [9.17, 15) is 0 Å². The van der Waals surface area contributed by atoms with Gasteiger partial charge in [0.1, 0.15) is 0 Å². The molecule has 0 spiro atoms. The van der Waals surface area contributed by atoms with Crippen LogP contribution in [0.1, 0.15) is 18.1 Å². The van der Waals surface area contributed by atoms with Gasteiger partial charge >= 0.3 is 0 Å². The van der Waals surface area contributed by atoms with Crippen LogP contribution in [0.4, 0.5) is 0 Å². The van der Waals surface area contributed by atoms with Gasteiger partial charge in [-0.2, -0.15) is 0 Å². The van der Waals surface area contributed by atoms with Crippen LogP contribution in [0.3, 0.4) is 0 Å². The average Bonchev–Trinajstić information content (AvgIpc) is 2.40. The van der Waals surface area contributed by atoms with Crippen LogP contribution in [0.25, 0.3) is 11.1 Å². The number of hydrogen-bond acceptors (Lipinski definition) is 2. The van der Waals surface area contributed by atoms with E-state index >= 15 is 0 Å². The van der Waals surface area contributed by atoms with Crippen LogP contribution in [0, 0.1) is 6.92 Å². The summed E-state index contributed by atoms with van der Waals surface area (Å²) in [6, 6.07) is 11.3. The van der Waals surface area contributed by atoms with Crippen molar-refractivity contribution in [2.75, 3.05) is 7.05 Å². The smallest absolute Gasteiger partial charge is 0.0349 e. The Hall–Kier alpha value is -1.67. The lowest BCUT2D eigenvalue weighted by Crippen LogP contribution is -2.23. The van der Waals surface area contributed by atoms with E-state index in [1.54, 1.807) is 0 Å². The van der Waals surface area contributed by atoms with E-state index in [0.717, 1.165) is 6.42 Å². The Morgan fingerprint density at radius 3 is 2.50 bits per heavy atom. The first-order valence-corrected chi connectivity index (χ1v) is 6.38. The first-order valence-electron chi connectivity index (χ1n) is 6.38. The SMILES string of the molecule is CNC(C)Cc1ccc(-c2cnccc2C)cc1. The van der Waals surface area contributed by atoms with Crippen molar-refractivity contribution in [1.29, 1.82) is 0 Å². The normalized spacial score (nSPS) is 12.4. The van der Waals surface area contributed by atoms with E-state index in [0.29, 0.717) is 6.04 Å². The molecular weight excluding hydrogens is 220 g/mol. The quantitative estimate of drug-likeness (QED) is 0.887. The summed E-state index contributed by atoms with van der Waals surface area (Å²) >= 11 is 0. The Morgan fingerprint density at radius 1 is 1.17 bits per heavy atom. The molecular formula is C16H20N2. The molecule has 2 aromatic rings. The van der Waals surface area contributed by atoms with Crippen molar-refractivity contribution < 1.29 is 0 Å². The lowest BCUT2D eigenvalue weighted by molar-refractivity contribution is 0.608. The molecule has 0 bridgehead atoms. The molecule has 0 aliphatic carbocycles. The molecule has 0 saturated heterocycles. The minimum absolute atomic E-state index is 0.510. The number of pyridine rings is 1. The summed E-state index contributed by atoms with van der Waals surface area (Å²) in [7, 11) is 2.00. The average molecular weight is 240 g/mol. The van der Waals surface area contributed by atoms with Gasteiger partial charge in [-0.1, -0.05) is 24.3 Å². The number of likely N-dealkylation sites (N-methyl/N-ethyl adjacent to an activating group) is 1. The summed E-state index contributed by atoms with van der Waals surface area (Å²) in [6.07, 6.45) is 4.82. The maximum absolute atomic E-state index is 4.20. The van der Waals surface area contributed by atoms with Crippen LogP contribution in [-0.4, -0.2) is 18.1 Å². The summed E-state index contributed by atoms with van der Waals surface area (Å²) in [5, 5.41) is 3.26. The van der Waals surface area contributed by atoms with E-state index in [-0.39, 0.29) is 0 Å². The number of aryl methyl sites for hydroxylation is 1. The molecule has 1 aromatic heterocycles. The molecule has 94 valence electrons. The fraction of sp³-hybridized carbons (Fsp3) is 0.312. The third-order valence-electron chi connectivity index (χ3n) is 3.34. The Bertz CT molecular complexity index is 503. The van der Waals surface area contributed by atoms with E-state index in [1.807, 2.05) is 25.5 Å². The fourth-order valence-corrected chi connectivity index (χ4v) is 2.04. The fourth-order valence-electron chi connectivity index (χ4n) is 2.04. The Kier molecular flexibility index (Phi) is 4.11. The standard InChI is InChI=1S/C16H20N2/c1-12-8-9-18-11-16(12)15-6-4-14(5-7-15)10-13(2)17-3/h4-9,11,13,17H,10H2,1-3H3. The summed E-state index contributed by atoms with van der Waals surface area (Å²) in [5.74, 6) is 0. The number of aromatic nitrogens is 1. The van der Waals surface area contributed by atoms with E-state index in [1.165, 1.54) is 22.3 Å². The van der Waals surface area contributed by atoms with Crippen molar-refractivity contribution in [2.24, 2.45) is 0 Å². The number of benzene rings is 1. The first-order chi connectivity index (χ1) is 8.70. The van der Waals surface area contributed by atoms with Crippen LogP contribution >= 0.6 is 0 Å². The highest BCUT2D eigenvalue weighted by Gasteiger charge is 2.03. The van der Waals surface area contributed by atoms with E-state index < -0.39 is 0 Å². The van der Waals surface area contributed by atoms with E-state index in [2.05, 4.69) is 48.4 Å². The van der Waals surface area contributed by atoms with Gasteiger partial charge in [0.05, 0.1) is 0 Å². The lowest BCUT2D eigenvalue weighted by Gasteiger charge is -2.11. The predicted molar refractivity (Wildman–Crippen MR) is 76.6 cm³/mol. The van der Waals surface area contributed by atoms with Crippen LogP contribution in [0.15, 0.2) is 42.7 Å². The number of hydrogen-bond donors (Lipinski definition) is 1. The Morgan fingerprint density at radius 2 is 1.89 bits per heavy atom. The molecule has 0 aliphatic heterocycles. The van der Waals surface area contributed by atoms with Crippen molar-refractivity contribution in [1.82, 2.24) is 10.3 Å². The van der Waals surface area contributed by atoms with E-state index in [4.69, 9.17) is 0 Å². The van der Waals surface area contributed by atoms with Gasteiger partial charge in [0.2, 0.25) is 0 Å². The van der Waals surface area contributed by atoms with Crippen molar-refractivity contribution in [2.45, 2.75) is 26.3 Å². The van der Waals surface area contributed by atoms with Gasteiger partial charge in [0, 0.05) is 24.0 Å². The lowest BCUT2D eigenvalue weighted by atomic mass is 10.00. The predicted octanol–water partition coefficient (Wildman–Crippen LogP) is 3.21. The van der Waals surface area contributed by atoms with Gasteiger partial charge in [-0.25, -0.2) is 0 Å². The number of nitrogens with one attached hydrogen (secondary N) is 1. The number of nitrogens with zero attached hydrogens (tertiary/aromatic N) is 1. The molecule has 1 atom stereocenters. The molecule has 0 fully saturated rings. The van der Waals surface area contributed by atoms with Crippen molar-refractivity contribution in [3.8, 4) is 11.1 Å². The first kappa shape index (κ1) is 12.8. The third-order valence-corrected chi connectivity index (χ3v) is 3.34. The van der Waals surface area contributed by atoms with Crippen molar-refractivity contribution in [3.63, 3.8) is 0 Å². The van der Waals surface area contributed by atoms with Crippen LogP contribution in [0.5, 0.6) is 0 Å². The molecule has 0 amide bonds. The second-order valence-electron chi connectivity index (χ2n) is 4.78. The maximum atomic E-state index is 4.20. The molecule has 0 radical (unpaired) electrons. The summed E-state index contributed by atoms with van der Waals surface area (Å²) in [4.78, 5) is 4.20. The molecule has 0 aliphatic rings. The zero-order valence-corrected chi connectivity index (χ0v) is 11.3. The molecule has 1 heterocycles. The van der Waals surface area contributed by atoms with Gasteiger partial charge in [0.15, 0.2) is 0 Å². The van der Waals surface area contributed by atoms with Crippen LogP contribution < -0.4 is 5.32 Å². The molecule has 0 saturated carbocycles. The van der Waals surface area contributed by atoms with Crippen LogP contribution in [0.2, 0.25) is 0 Å². The van der Waals surface area contributed by atoms with Gasteiger partial charge in [-0.15, -0.1) is 0 Å². The molecule has 1 unspecified atom stereocenters. The topological polar surface area (TPSA) is 24.9 Å². The largest absolute Gasteiger partial charge is 0.317 e. The molecule has 2 rings (SSSR count). The molecule has 1 N–H and O–H groups in total. The summed E-state index contributed by atoms with van der Waals surface area (Å²) in [5.41, 5.74) is 5.08. The van der Waals surface area contributed by atoms with Crippen molar-refractivity contribution in [3.05, 3.63) is 53.9 Å². The molecule has 1 aromatic carbocycles. The summed E-state index contributed by atoms with van der Waals surface area (Å²) in [6.45, 7) is 4.31. The zero-order valence-electron chi connectivity index (χ0n) is 11.3. The Balaban J connectivity index is 2.20. The monoisotopic (exact) mass is 240 g/mol. The minimum atomic E-state index is 0.510. The third kappa shape index (κ3) is 2.96.